The standard InChI is InChI=1S/C18H20N4/c1-2-6-17-14(5-1)8-9-16(21-17)13-22-10-4-3-7-18(22)15-11-19-20-12-15/h1-2,5-6,8-9,11-12,18H,3-4,7,10,13H2,(H,19,20). The Bertz CT molecular complexity index is 751. The molecule has 112 valence electrons. The number of fused-ring (bicyclic) bond motifs is 1. The van der Waals surface area contributed by atoms with Crippen LogP contribution in [0.5, 0.6) is 0 Å². The lowest BCUT2D eigenvalue weighted by molar-refractivity contribution is 0.139. The molecule has 0 bridgehead atoms. The van der Waals surface area contributed by atoms with Gasteiger partial charge in [-0.3, -0.25) is 15.0 Å². The number of aromatic nitrogens is 3. The van der Waals surface area contributed by atoms with E-state index in [9.17, 15) is 0 Å². The number of nitrogens with zero attached hydrogens (tertiary/aromatic N) is 3. The number of rotatable bonds is 3. The number of H-pyrrole nitrogens is 1. The molecule has 1 atom stereocenters. The molecule has 3 heterocycles. The van der Waals surface area contributed by atoms with Crippen LogP contribution < -0.4 is 0 Å². The van der Waals surface area contributed by atoms with Gasteiger partial charge in [-0.1, -0.05) is 30.7 Å². The third-order valence-electron chi connectivity index (χ3n) is 4.54. The molecule has 0 radical (unpaired) electrons. The molecule has 1 N–H and O–H groups in total. The predicted octanol–water partition coefficient (Wildman–Crippen LogP) is 3.69. The topological polar surface area (TPSA) is 44.8 Å². The smallest absolute Gasteiger partial charge is 0.0705 e. The monoisotopic (exact) mass is 292 g/mol. The maximum atomic E-state index is 4.82. The summed E-state index contributed by atoms with van der Waals surface area (Å²) < 4.78 is 0. The molecular weight excluding hydrogens is 272 g/mol. The Morgan fingerprint density at radius 1 is 1.14 bits per heavy atom. The van der Waals surface area contributed by atoms with E-state index in [0.717, 1.165) is 24.3 Å². The zero-order valence-electron chi connectivity index (χ0n) is 12.6. The van der Waals surface area contributed by atoms with Gasteiger partial charge in [0.1, 0.15) is 0 Å². The lowest BCUT2D eigenvalue weighted by Gasteiger charge is -2.35. The number of hydrogen-bond donors (Lipinski definition) is 1. The number of hydrogen-bond acceptors (Lipinski definition) is 3. The number of piperidine rings is 1. The Hall–Kier alpha value is -2.20. The van der Waals surface area contributed by atoms with Crippen LogP contribution in [-0.2, 0) is 6.54 Å². The van der Waals surface area contributed by atoms with E-state index >= 15 is 0 Å². The minimum Gasteiger partial charge on any atom is -0.290 e. The van der Waals surface area contributed by atoms with Gasteiger partial charge in [-0.25, -0.2) is 0 Å². The highest BCUT2D eigenvalue weighted by molar-refractivity contribution is 5.78. The third kappa shape index (κ3) is 2.62. The Balaban J connectivity index is 1.59. The van der Waals surface area contributed by atoms with Crippen molar-refractivity contribution in [2.24, 2.45) is 0 Å². The molecule has 1 unspecified atom stereocenters. The van der Waals surface area contributed by atoms with E-state index < -0.39 is 0 Å². The van der Waals surface area contributed by atoms with Crippen LogP contribution in [-0.4, -0.2) is 26.6 Å². The summed E-state index contributed by atoms with van der Waals surface area (Å²) in [7, 11) is 0. The molecule has 1 aromatic carbocycles. The van der Waals surface area contributed by atoms with Crippen molar-refractivity contribution in [3.05, 3.63) is 60.0 Å². The molecule has 4 rings (SSSR count). The highest BCUT2D eigenvalue weighted by Gasteiger charge is 2.24. The zero-order valence-corrected chi connectivity index (χ0v) is 12.6. The first-order chi connectivity index (χ1) is 10.9. The second kappa shape index (κ2) is 5.89. The van der Waals surface area contributed by atoms with Crippen molar-refractivity contribution in [3.8, 4) is 0 Å². The van der Waals surface area contributed by atoms with Crippen molar-refractivity contribution in [2.45, 2.75) is 31.8 Å². The Kier molecular flexibility index (Phi) is 3.60. The largest absolute Gasteiger partial charge is 0.290 e. The highest BCUT2D eigenvalue weighted by Crippen LogP contribution is 2.31. The first kappa shape index (κ1) is 13.5. The van der Waals surface area contributed by atoms with Gasteiger partial charge in [-0.2, -0.15) is 5.10 Å². The van der Waals surface area contributed by atoms with E-state index in [4.69, 9.17) is 4.98 Å². The number of benzene rings is 1. The summed E-state index contributed by atoms with van der Waals surface area (Å²) in [6.45, 7) is 2.03. The normalized spacial score (nSPS) is 19.5. The fourth-order valence-corrected chi connectivity index (χ4v) is 3.41. The van der Waals surface area contributed by atoms with Crippen LogP contribution >= 0.6 is 0 Å². The summed E-state index contributed by atoms with van der Waals surface area (Å²) in [6, 6.07) is 13.1. The van der Waals surface area contributed by atoms with Gasteiger partial charge in [0.2, 0.25) is 0 Å². The molecule has 0 amide bonds. The van der Waals surface area contributed by atoms with Gasteiger partial charge >= 0.3 is 0 Å². The molecule has 1 saturated heterocycles. The van der Waals surface area contributed by atoms with Gasteiger partial charge in [0, 0.05) is 29.7 Å². The molecule has 4 heteroatoms. The van der Waals surface area contributed by atoms with Gasteiger partial charge in [0.15, 0.2) is 0 Å². The van der Waals surface area contributed by atoms with Crippen LogP contribution in [0.4, 0.5) is 0 Å². The summed E-state index contributed by atoms with van der Waals surface area (Å²) >= 11 is 0. The van der Waals surface area contributed by atoms with Crippen molar-refractivity contribution < 1.29 is 0 Å². The summed E-state index contributed by atoms with van der Waals surface area (Å²) in [6.07, 6.45) is 7.74. The molecule has 1 aliphatic rings. The molecule has 1 fully saturated rings. The molecule has 4 nitrogen and oxygen atoms in total. The number of aromatic amines is 1. The van der Waals surface area contributed by atoms with E-state index in [1.807, 2.05) is 18.5 Å². The average molecular weight is 292 g/mol. The minimum atomic E-state index is 0.459. The van der Waals surface area contributed by atoms with Crippen molar-refractivity contribution >= 4 is 10.9 Å². The zero-order chi connectivity index (χ0) is 14.8. The van der Waals surface area contributed by atoms with E-state index in [-0.39, 0.29) is 0 Å². The molecule has 0 aliphatic carbocycles. The van der Waals surface area contributed by atoms with Crippen LogP contribution in [0.25, 0.3) is 10.9 Å². The third-order valence-corrected chi connectivity index (χ3v) is 4.54. The first-order valence-electron chi connectivity index (χ1n) is 7.97. The Morgan fingerprint density at radius 2 is 2.09 bits per heavy atom. The second-order valence-corrected chi connectivity index (χ2v) is 6.01. The SMILES string of the molecule is c1ccc2nc(CN3CCCCC3c3cn[nH]c3)ccc2c1. The lowest BCUT2D eigenvalue weighted by atomic mass is 9.97. The summed E-state index contributed by atoms with van der Waals surface area (Å²) in [5, 5.41) is 8.26. The summed E-state index contributed by atoms with van der Waals surface area (Å²) in [4.78, 5) is 7.35. The van der Waals surface area contributed by atoms with Crippen molar-refractivity contribution in [2.75, 3.05) is 6.54 Å². The van der Waals surface area contributed by atoms with Gasteiger partial charge in [0.25, 0.3) is 0 Å². The number of pyridine rings is 1. The van der Waals surface area contributed by atoms with Crippen LogP contribution in [0.3, 0.4) is 0 Å². The van der Waals surface area contributed by atoms with Crippen LogP contribution in [0.2, 0.25) is 0 Å². The van der Waals surface area contributed by atoms with E-state index in [2.05, 4.69) is 45.4 Å². The Labute approximate surface area is 130 Å². The Morgan fingerprint density at radius 3 is 3.00 bits per heavy atom. The fraction of sp³-hybridized carbons (Fsp3) is 0.333. The van der Waals surface area contributed by atoms with Crippen molar-refractivity contribution in [1.29, 1.82) is 0 Å². The lowest BCUT2D eigenvalue weighted by Crippen LogP contribution is -2.33. The van der Waals surface area contributed by atoms with Gasteiger partial charge in [-0.05, 0) is 31.5 Å². The van der Waals surface area contributed by atoms with Crippen LogP contribution in [0.1, 0.15) is 36.6 Å². The van der Waals surface area contributed by atoms with Gasteiger partial charge in [0.05, 0.1) is 17.4 Å². The van der Waals surface area contributed by atoms with E-state index in [1.54, 1.807) is 0 Å². The molecule has 22 heavy (non-hydrogen) atoms. The predicted molar refractivity (Wildman–Crippen MR) is 87.3 cm³/mol. The van der Waals surface area contributed by atoms with E-state index in [1.165, 1.54) is 30.2 Å². The fourth-order valence-electron chi connectivity index (χ4n) is 3.41. The average Bonchev–Trinajstić information content (AvgIpc) is 3.10. The number of likely N-dealkylation sites (tertiary alicyclic amines) is 1. The first-order valence-corrected chi connectivity index (χ1v) is 7.97. The quantitative estimate of drug-likeness (QED) is 0.801. The van der Waals surface area contributed by atoms with Crippen molar-refractivity contribution in [1.82, 2.24) is 20.1 Å². The maximum absolute atomic E-state index is 4.82. The number of para-hydroxylation sites is 1. The number of nitrogens with one attached hydrogen (secondary N) is 1. The molecule has 0 saturated carbocycles. The van der Waals surface area contributed by atoms with Crippen molar-refractivity contribution in [3.63, 3.8) is 0 Å². The van der Waals surface area contributed by atoms with E-state index in [0.29, 0.717) is 6.04 Å². The van der Waals surface area contributed by atoms with Gasteiger partial charge in [-0.15, -0.1) is 0 Å². The molecule has 0 spiro atoms. The van der Waals surface area contributed by atoms with Gasteiger partial charge < -0.3 is 0 Å². The highest BCUT2D eigenvalue weighted by atomic mass is 15.2. The summed E-state index contributed by atoms with van der Waals surface area (Å²) in [5.74, 6) is 0. The minimum absolute atomic E-state index is 0.459. The molecule has 2 aromatic heterocycles. The molecule has 3 aromatic rings. The second-order valence-electron chi connectivity index (χ2n) is 6.01. The van der Waals surface area contributed by atoms with Crippen LogP contribution in [0, 0.1) is 0 Å². The molecule has 1 aliphatic heterocycles. The maximum Gasteiger partial charge on any atom is 0.0705 e. The van der Waals surface area contributed by atoms with Crippen LogP contribution in [0.15, 0.2) is 48.8 Å². The molecular formula is C18H20N4. The summed E-state index contributed by atoms with van der Waals surface area (Å²) in [5.41, 5.74) is 3.52.